The molecule has 69 heavy (non-hydrogen) atoms. The zero-order valence-electron chi connectivity index (χ0n) is 39.3. The maximum absolute atomic E-state index is 14.3. The van der Waals surface area contributed by atoms with Gasteiger partial charge in [-0.15, -0.1) is 6.58 Å². The summed E-state index contributed by atoms with van der Waals surface area (Å²) in [5.41, 5.74) is 18.9. The second kappa shape index (κ2) is 26.7. The van der Waals surface area contributed by atoms with Crippen LogP contribution in [0.15, 0.2) is 146 Å². The molecule has 360 valence electrons. The number of fused-ring (bicyclic) bond motifs is 2. The third-order valence-electron chi connectivity index (χ3n) is 11.9. The first kappa shape index (κ1) is 50.9. The van der Waals surface area contributed by atoms with Crippen molar-refractivity contribution in [3.8, 4) is 22.6 Å². The number of hydrogen-bond donors (Lipinski definition) is 6. The average Bonchev–Trinajstić information content (AvgIpc) is 3.37. The number of nitrogens with two attached hydrogens (primary N) is 2. The van der Waals surface area contributed by atoms with Crippen LogP contribution < -0.4 is 42.3 Å². The number of carbonyl (C=O) groups excluding carboxylic acids is 4. The number of esters is 1. The Hall–Kier alpha value is -7.51. The van der Waals surface area contributed by atoms with Gasteiger partial charge in [0.1, 0.15) is 24.1 Å². The minimum absolute atomic E-state index is 0.0303. The quantitative estimate of drug-likeness (QED) is 0.0121. The fourth-order valence-corrected chi connectivity index (χ4v) is 8.37. The Morgan fingerprint density at radius 3 is 1.90 bits per heavy atom. The van der Waals surface area contributed by atoms with Gasteiger partial charge in [-0.2, -0.15) is 0 Å². The average molecular weight is 935 g/mol. The van der Waals surface area contributed by atoms with Gasteiger partial charge in [-0.3, -0.25) is 30.8 Å². The molecule has 6 aromatic rings. The number of ether oxygens (including phenoxy) is 3. The lowest BCUT2D eigenvalue weighted by molar-refractivity contribution is -0.459. The molecule has 0 heterocycles. The molecule has 0 saturated heterocycles. The molecule has 3 atom stereocenters. The van der Waals surface area contributed by atoms with Gasteiger partial charge in [0.15, 0.2) is 12.4 Å². The van der Waals surface area contributed by atoms with Crippen LogP contribution in [-0.4, -0.2) is 67.9 Å². The van der Waals surface area contributed by atoms with Crippen molar-refractivity contribution in [2.75, 3.05) is 26.3 Å². The Kier molecular flexibility index (Phi) is 19.7. The van der Waals surface area contributed by atoms with Gasteiger partial charge in [-0.1, -0.05) is 127 Å². The molecule has 6 rings (SSSR count). The van der Waals surface area contributed by atoms with Crippen molar-refractivity contribution >= 4 is 51.1 Å². The van der Waals surface area contributed by atoms with Gasteiger partial charge in [0.2, 0.25) is 5.91 Å². The molecular weight excluding hydrogens is 869 g/mol. The van der Waals surface area contributed by atoms with E-state index in [1.807, 2.05) is 103 Å². The highest BCUT2D eigenvalue weighted by Crippen LogP contribution is 2.45. The Morgan fingerprint density at radius 2 is 1.28 bits per heavy atom. The molecule has 0 aliphatic rings. The molecule has 0 aliphatic heterocycles. The van der Waals surface area contributed by atoms with E-state index in [2.05, 4.69) is 58.3 Å². The molecule has 0 aromatic heterocycles. The van der Waals surface area contributed by atoms with Crippen molar-refractivity contribution in [3.05, 3.63) is 157 Å². The fourth-order valence-electron chi connectivity index (χ4n) is 8.37. The number of quaternary nitrogens is 1. The molecule has 0 bridgehead atoms. The van der Waals surface area contributed by atoms with Crippen LogP contribution in [0.25, 0.3) is 32.7 Å². The zero-order valence-corrected chi connectivity index (χ0v) is 39.3. The highest BCUT2D eigenvalue weighted by molar-refractivity contribution is 6.10. The summed E-state index contributed by atoms with van der Waals surface area (Å²) in [5.74, 6) is -1.59. The van der Waals surface area contributed by atoms with E-state index in [4.69, 9.17) is 25.7 Å². The molecule has 0 radical (unpaired) electrons. The number of rotatable bonds is 28. The standard InChI is InChI=1S/C56H64N6O7/c1-2-17-47(55(66)69-37-40-20-7-4-8-21-40)62-54(65)43(25-15-34-60-56(58)59)36-48(63)46(28-13-14-33-57)61-51(64)38-68-50-32-30-42-24-10-12-27-45(42)53(50)52-44-26-11-9-23-41(44)29-31-49(52)67-35-16-22-39-18-5-3-6-19-39/h2-12,18-21,23-24,26-27,29-32,43,46-47H,1,13-17,22,25,28,33-38,57H2,(H,61,64)(H,62,65)(H4,58,59,60)/p+2/t43-,46+,47-/m0/s1. The summed E-state index contributed by atoms with van der Waals surface area (Å²) >= 11 is 0. The fraction of sp³-hybridized carbons (Fsp3) is 0.304. The van der Waals surface area contributed by atoms with Gasteiger partial charge in [0, 0.05) is 23.5 Å². The SMILES string of the molecule is C=CC[C@H](NC(=O)[C@@H](CCC[NH+]=C(N)N)CC(=O)[C@@H](CCCC[NH3+])NC(=O)COc1ccc2ccccc2c1-c1c(OCCCc2ccccc2)ccc2ccccc12)C(=O)OCc1ccccc1. The summed E-state index contributed by atoms with van der Waals surface area (Å²) in [7, 11) is 0. The Balaban J connectivity index is 1.20. The Morgan fingerprint density at radius 1 is 0.667 bits per heavy atom. The van der Waals surface area contributed by atoms with Crippen molar-refractivity contribution in [3.63, 3.8) is 0 Å². The summed E-state index contributed by atoms with van der Waals surface area (Å²) in [5, 5.41) is 9.66. The molecular formula is C56H66N6O7+2. The Labute approximate surface area is 404 Å². The van der Waals surface area contributed by atoms with Crippen LogP contribution in [-0.2, 0) is 36.9 Å². The molecule has 13 nitrogen and oxygen atoms in total. The predicted molar refractivity (Wildman–Crippen MR) is 271 cm³/mol. The summed E-state index contributed by atoms with van der Waals surface area (Å²) < 4.78 is 18.6. The maximum atomic E-state index is 14.3. The first-order valence-electron chi connectivity index (χ1n) is 23.8. The second-order valence-electron chi connectivity index (χ2n) is 17.1. The highest BCUT2D eigenvalue weighted by Gasteiger charge is 2.31. The molecule has 0 aliphatic carbocycles. The molecule has 13 heteroatoms. The topological polar surface area (TPSA) is 214 Å². The van der Waals surface area contributed by atoms with E-state index in [-0.39, 0.29) is 44.2 Å². The summed E-state index contributed by atoms with van der Waals surface area (Å²) in [4.78, 5) is 58.4. The lowest BCUT2D eigenvalue weighted by atomic mass is 9.91. The first-order chi connectivity index (χ1) is 33.6. The second-order valence-corrected chi connectivity index (χ2v) is 17.1. The van der Waals surface area contributed by atoms with Crippen LogP contribution in [0.5, 0.6) is 11.5 Å². The molecule has 10 N–H and O–H groups in total. The number of amides is 2. The number of unbranched alkanes of at least 4 members (excludes halogenated alkanes) is 1. The minimum atomic E-state index is -1.02. The monoisotopic (exact) mass is 934 g/mol. The number of benzene rings is 6. The molecule has 0 saturated carbocycles. The van der Waals surface area contributed by atoms with E-state index in [0.29, 0.717) is 50.5 Å². The van der Waals surface area contributed by atoms with Crippen LogP contribution in [0.3, 0.4) is 0 Å². The van der Waals surface area contributed by atoms with Crippen molar-refractivity contribution in [2.24, 2.45) is 17.4 Å². The van der Waals surface area contributed by atoms with E-state index in [0.717, 1.165) is 57.5 Å². The van der Waals surface area contributed by atoms with Gasteiger partial charge >= 0.3 is 11.9 Å². The van der Waals surface area contributed by atoms with Crippen LogP contribution in [0.2, 0.25) is 0 Å². The highest BCUT2D eigenvalue weighted by atomic mass is 16.5. The predicted octanol–water partition coefficient (Wildman–Crippen LogP) is 5.46. The number of guanidine groups is 1. The largest absolute Gasteiger partial charge is 0.493 e. The van der Waals surface area contributed by atoms with Crippen LogP contribution >= 0.6 is 0 Å². The van der Waals surface area contributed by atoms with Crippen LogP contribution in [0.1, 0.15) is 62.5 Å². The Bertz CT molecular complexity index is 2670. The van der Waals surface area contributed by atoms with Crippen LogP contribution in [0, 0.1) is 5.92 Å². The van der Waals surface area contributed by atoms with Crippen molar-refractivity contribution in [1.29, 1.82) is 0 Å². The number of aryl methyl sites for hydroxylation is 1. The van der Waals surface area contributed by atoms with Gasteiger partial charge in [-0.05, 0) is 96.2 Å². The first-order valence-corrected chi connectivity index (χ1v) is 23.8. The molecule has 2 amide bonds. The number of Topliss-reactive ketones (excluding diaryl/α,β-unsaturated/α-hetero) is 1. The normalized spacial score (nSPS) is 12.3. The molecule has 0 fully saturated rings. The third kappa shape index (κ3) is 15.2. The lowest BCUT2D eigenvalue weighted by Crippen LogP contribution is -2.78. The lowest BCUT2D eigenvalue weighted by Gasteiger charge is -2.23. The minimum Gasteiger partial charge on any atom is -0.493 e. The summed E-state index contributed by atoms with van der Waals surface area (Å²) in [6.45, 7) is 4.91. The number of ketones is 1. The number of hydrogen-bond acceptors (Lipinski definition) is 7. The summed E-state index contributed by atoms with van der Waals surface area (Å²) in [6, 6.07) is 41.6. The molecule has 6 aromatic carbocycles. The van der Waals surface area contributed by atoms with E-state index in [9.17, 15) is 19.2 Å². The van der Waals surface area contributed by atoms with E-state index >= 15 is 0 Å². The number of nitrogens with one attached hydrogen (secondary N) is 3. The van der Waals surface area contributed by atoms with E-state index in [1.54, 1.807) is 0 Å². The van der Waals surface area contributed by atoms with Gasteiger partial charge < -0.3 is 30.6 Å². The number of carbonyl (C=O) groups is 4. The van der Waals surface area contributed by atoms with Gasteiger partial charge in [0.25, 0.3) is 5.91 Å². The van der Waals surface area contributed by atoms with Crippen molar-refractivity contribution in [1.82, 2.24) is 10.6 Å². The van der Waals surface area contributed by atoms with E-state index < -0.39 is 35.8 Å². The van der Waals surface area contributed by atoms with Crippen molar-refractivity contribution in [2.45, 2.75) is 76.5 Å². The maximum Gasteiger partial charge on any atom is 0.338 e. The van der Waals surface area contributed by atoms with Gasteiger partial charge in [0.05, 0.1) is 25.7 Å². The smallest absolute Gasteiger partial charge is 0.338 e. The van der Waals surface area contributed by atoms with Crippen molar-refractivity contribution < 1.29 is 44.1 Å². The molecule has 0 unspecified atom stereocenters. The van der Waals surface area contributed by atoms with E-state index in [1.165, 1.54) is 11.6 Å². The third-order valence-corrected chi connectivity index (χ3v) is 11.9. The zero-order chi connectivity index (χ0) is 48.8. The molecule has 0 spiro atoms. The van der Waals surface area contributed by atoms with Crippen LogP contribution in [0.4, 0.5) is 0 Å². The van der Waals surface area contributed by atoms with Gasteiger partial charge in [-0.25, -0.2) is 4.79 Å². The summed E-state index contributed by atoms with van der Waals surface area (Å²) in [6.07, 6.45) is 5.51.